The molecule has 1 rings (SSSR count). The first kappa shape index (κ1) is 15.9. The zero-order chi connectivity index (χ0) is 14.4. The van der Waals surface area contributed by atoms with Crippen LogP contribution in [0.4, 0.5) is 0 Å². The van der Waals surface area contributed by atoms with Gasteiger partial charge >= 0.3 is 11.9 Å². The van der Waals surface area contributed by atoms with E-state index < -0.39 is 11.9 Å². The number of esters is 1. The van der Waals surface area contributed by atoms with E-state index in [0.29, 0.717) is 22.9 Å². The molecule has 0 aliphatic rings. The first-order chi connectivity index (χ1) is 8.95. The summed E-state index contributed by atoms with van der Waals surface area (Å²) in [5, 5.41) is 9.02. The van der Waals surface area contributed by atoms with E-state index in [9.17, 15) is 9.59 Å². The minimum atomic E-state index is -0.844. The van der Waals surface area contributed by atoms with Crippen molar-refractivity contribution in [3.8, 4) is 0 Å². The third-order valence-corrected chi connectivity index (χ3v) is 3.83. The number of carbonyl (C=O) groups is 2. The number of hydrogen-bond acceptors (Lipinski definition) is 4. The highest BCUT2D eigenvalue weighted by Gasteiger charge is 2.14. The number of halogens is 1. The molecule has 1 aromatic carbocycles. The Morgan fingerprint density at radius 2 is 2.11 bits per heavy atom. The van der Waals surface area contributed by atoms with E-state index in [0.717, 1.165) is 10.5 Å². The van der Waals surface area contributed by atoms with E-state index >= 15 is 0 Å². The highest BCUT2D eigenvalue weighted by atomic mass is 35.5. The molecule has 4 nitrogen and oxygen atoms in total. The van der Waals surface area contributed by atoms with Gasteiger partial charge in [0.25, 0.3) is 0 Å². The van der Waals surface area contributed by atoms with Gasteiger partial charge in [0.1, 0.15) is 0 Å². The Morgan fingerprint density at radius 3 is 2.68 bits per heavy atom. The fourth-order valence-electron chi connectivity index (χ4n) is 1.44. The van der Waals surface area contributed by atoms with E-state index in [4.69, 9.17) is 21.4 Å². The fourth-order valence-corrected chi connectivity index (χ4v) is 2.72. The van der Waals surface area contributed by atoms with Crippen LogP contribution in [0.5, 0.6) is 0 Å². The van der Waals surface area contributed by atoms with Gasteiger partial charge < -0.3 is 9.84 Å². The molecule has 104 valence electrons. The lowest BCUT2D eigenvalue weighted by atomic mass is 10.1. The number of carboxylic acid groups (broad SMARTS) is 1. The second-order valence-corrected chi connectivity index (χ2v) is 5.35. The van der Waals surface area contributed by atoms with Crippen molar-refractivity contribution < 1.29 is 19.4 Å². The highest BCUT2D eigenvalue weighted by molar-refractivity contribution is 7.99. The van der Waals surface area contributed by atoms with Crippen molar-refractivity contribution in [2.75, 3.05) is 12.4 Å². The standard InChI is InChI=1S/C13H15ClO4S/c1-3-18-13(17)9-7-10(14)11(6-8(9)2)19-5-4-12(15)16/h6-7H,3-5H2,1-2H3,(H,15,16). The van der Waals surface area contributed by atoms with Gasteiger partial charge in [-0.3, -0.25) is 4.79 Å². The number of ether oxygens (including phenoxy) is 1. The molecular formula is C13H15ClO4S. The Kier molecular flexibility index (Phi) is 6.18. The highest BCUT2D eigenvalue weighted by Crippen LogP contribution is 2.30. The summed E-state index contributed by atoms with van der Waals surface area (Å²) < 4.78 is 4.93. The molecule has 1 N–H and O–H groups in total. The SMILES string of the molecule is CCOC(=O)c1cc(Cl)c(SCCC(=O)O)cc1C. The van der Waals surface area contributed by atoms with Crippen molar-refractivity contribution in [1.29, 1.82) is 0 Å². The van der Waals surface area contributed by atoms with Crippen LogP contribution < -0.4 is 0 Å². The lowest BCUT2D eigenvalue weighted by Gasteiger charge is -2.09. The molecule has 0 heterocycles. The van der Waals surface area contributed by atoms with Gasteiger partial charge in [-0.15, -0.1) is 11.8 Å². The van der Waals surface area contributed by atoms with E-state index in [-0.39, 0.29) is 6.42 Å². The van der Waals surface area contributed by atoms with Crippen LogP contribution in [0.1, 0.15) is 29.3 Å². The van der Waals surface area contributed by atoms with Crippen molar-refractivity contribution in [3.63, 3.8) is 0 Å². The van der Waals surface area contributed by atoms with Gasteiger partial charge in [0, 0.05) is 10.6 Å². The molecule has 0 aliphatic heterocycles. The summed E-state index contributed by atoms with van der Waals surface area (Å²) in [4.78, 5) is 22.9. The Labute approximate surface area is 121 Å². The van der Waals surface area contributed by atoms with Crippen molar-refractivity contribution >= 4 is 35.3 Å². The van der Waals surface area contributed by atoms with Gasteiger partial charge in [0.15, 0.2) is 0 Å². The number of carbonyl (C=O) groups excluding carboxylic acids is 1. The van der Waals surface area contributed by atoms with E-state index in [1.54, 1.807) is 26.0 Å². The Morgan fingerprint density at radius 1 is 1.42 bits per heavy atom. The van der Waals surface area contributed by atoms with E-state index in [2.05, 4.69) is 0 Å². The maximum absolute atomic E-state index is 11.7. The zero-order valence-electron chi connectivity index (χ0n) is 10.7. The smallest absolute Gasteiger partial charge is 0.338 e. The molecule has 0 aliphatic carbocycles. The average molecular weight is 303 g/mol. The van der Waals surface area contributed by atoms with Crippen LogP contribution in [0.25, 0.3) is 0 Å². The Hall–Kier alpha value is -1.20. The van der Waals surface area contributed by atoms with Crippen LogP contribution >= 0.6 is 23.4 Å². The summed E-state index contributed by atoms with van der Waals surface area (Å²) in [6, 6.07) is 3.35. The van der Waals surface area contributed by atoms with Gasteiger partial charge in [-0.05, 0) is 31.5 Å². The number of hydrogen-bond donors (Lipinski definition) is 1. The van der Waals surface area contributed by atoms with Crippen molar-refractivity contribution in [3.05, 3.63) is 28.3 Å². The number of benzene rings is 1. The second-order valence-electron chi connectivity index (χ2n) is 3.81. The number of carboxylic acids is 1. The summed E-state index contributed by atoms with van der Waals surface area (Å²) in [5.74, 6) is -0.805. The maximum atomic E-state index is 11.7. The first-order valence-corrected chi connectivity index (χ1v) is 7.14. The van der Waals surface area contributed by atoms with E-state index in [1.807, 2.05) is 0 Å². The molecule has 1 aromatic rings. The molecule has 6 heteroatoms. The van der Waals surface area contributed by atoms with Gasteiger partial charge in [0.2, 0.25) is 0 Å². The van der Waals surface area contributed by atoms with Gasteiger partial charge in [-0.25, -0.2) is 4.79 Å². The van der Waals surface area contributed by atoms with Crippen LogP contribution in [0.3, 0.4) is 0 Å². The third-order valence-electron chi connectivity index (χ3n) is 2.35. The number of thioether (sulfide) groups is 1. The fraction of sp³-hybridized carbons (Fsp3) is 0.385. The lowest BCUT2D eigenvalue weighted by Crippen LogP contribution is -2.07. The van der Waals surface area contributed by atoms with E-state index in [1.165, 1.54) is 11.8 Å². The first-order valence-electron chi connectivity index (χ1n) is 5.77. The minimum absolute atomic E-state index is 0.0691. The Balaban J connectivity index is 2.84. The molecular weight excluding hydrogens is 288 g/mol. The van der Waals surface area contributed by atoms with Gasteiger partial charge in [-0.2, -0.15) is 0 Å². The average Bonchev–Trinajstić information content (AvgIpc) is 2.32. The minimum Gasteiger partial charge on any atom is -0.481 e. The molecule has 0 spiro atoms. The second kappa shape index (κ2) is 7.40. The lowest BCUT2D eigenvalue weighted by molar-refractivity contribution is -0.136. The summed E-state index contributed by atoms with van der Waals surface area (Å²) >= 11 is 7.44. The van der Waals surface area contributed by atoms with Crippen molar-refractivity contribution in [2.45, 2.75) is 25.2 Å². The third kappa shape index (κ3) is 4.76. The summed E-state index contributed by atoms with van der Waals surface area (Å²) in [6.45, 7) is 3.85. The zero-order valence-corrected chi connectivity index (χ0v) is 12.3. The quantitative estimate of drug-likeness (QED) is 0.644. The molecule has 0 radical (unpaired) electrons. The predicted molar refractivity (Wildman–Crippen MR) is 75.1 cm³/mol. The molecule has 0 aromatic heterocycles. The number of aryl methyl sites for hydroxylation is 1. The van der Waals surface area contributed by atoms with Crippen LogP contribution in [0.2, 0.25) is 5.02 Å². The van der Waals surface area contributed by atoms with Crippen molar-refractivity contribution in [2.24, 2.45) is 0 Å². The van der Waals surface area contributed by atoms with Gasteiger partial charge in [0.05, 0.1) is 23.6 Å². The molecule has 0 amide bonds. The maximum Gasteiger partial charge on any atom is 0.338 e. The topological polar surface area (TPSA) is 63.6 Å². The number of rotatable bonds is 6. The van der Waals surface area contributed by atoms with Crippen molar-refractivity contribution in [1.82, 2.24) is 0 Å². The summed E-state index contributed by atoms with van der Waals surface area (Å²) in [6.07, 6.45) is 0.0691. The van der Waals surface area contributed by atoms with Gasteiger partial charge in [-0.1, -0.05) is 11.6 Å². The molecule has 0 saturated heterocycles. The largest absolute Gasteiger partial charge is 0.481 e. The summed E-state index contributed by atoms with van der Waals surface area (Å²) in [5.41, 5.74) is 1.20. The normalized spacial score (nSPS) is 10.3. The number of aliphatic carboxylic acids is 1. The molecule has 0 saturated carbocycles. The van der Waals surface area contributed by atoms with Crippen LogP contribution in [-0.4, -0.2) is 29.4 Å². The monoisotopic (exact) mass is 302 g/mol. The molecule has 0 atom stereocenters. The van der Waals surface area contributed by atoms with Crippen LogP contribution in [-0.2, 0) is 9.53 Å². The Bertz CT molecular complexity index is 488. The van der Waals surface area contributed by atoms with Crippen LogP contribution in [0.15, 0.2) is 17.0 Å². The molecule has 0 fully saturated rings. The summed E-state index contributed by atoms with van der Waals surface area (Å²) in [7, 11) is 0. The molecule has 19 heavy (non-hydrogen) atoms. The predicted octanol–water partition coefficient (Wildman–Crippen LogP) is 3.39. The molecule has 0 unspecified atom stereocenters. The van der Waals surface area contributed by atoms with Crippen LogP contribution in [0, 0.1) is 6.92 Å². The molecule has 0 bridgehead atoms.